The summed E-state index contributed by atoms with van der Waals surface area (Å²) in [6.45, 7) is 0. The summed E-state index contributed by atoms with van der Waals surface area (Å²) >= 11 is 0. The predicted octanol–water partition coefficient (Wildman–Crippen LogP) is 1.38. The average Bonchev–Trinajstić information content (AvgIpc) is 2.26. The van der Waals surface area contributed by atoms with E-state index >= 15 is 0 Å². The molecule has 0 saturated carbocycles. The SMILES string of the molecule is COC(=O)c1cnc(C#N)c(O)c1C(F)F. The Morgan fingerprint density at radius 3 is 2.75 bits per heavy atom. The Balaban J connectivity index is 3.48. The van der Waals surface area contributed by atoms with Gasteiger partial charge in [-0.1, -0.05) is 0 Å². The minimum absolute atomic E-state index is 0.561. The Morgan fingerprint density at radius 1 is 1.69 bits per heavy atom. The molecule has 0 fully saturated rings. The number of pyridine rings is 1. The van der Waals surface area contributed by atoms with Crippen LogP contribution in [-0.4, -0.2) is 23.2 Å². The second-order valence-electron chi connectivity index (χ2n) is 2.69. The van der Waals surface area contributed by atoms with E-state index in [4.69, 9.17) is 5.26 Å². The summed E-state index contributed by atoms with van der Waals surface area (Å²) in [5.74, 6) is -2.05. The van der Waals surface area contributed by atoms with Crippen molar-refractivity contribution in [3.8, 4) is 11.8 Å². The molecule has 16 heavy (non-hydrogen) atoms. The third kappa shape index (κ3) is 1.91. The van der Waals surface area contributed by atoms with Gasteiger partial charge in [-0.25, -0.2) is 18.6 Å². The van der Waals surface area contributed by atoms with E-state index in [1.165, 1.54) is 6.07 Å². The number of nitrogens with zero attached hydrogens (tertiary/aromatic N) is 2. The van der Waals surface area contributed by atoms with Gasteiger partial charge in [0.1, 0.15) is 6.07 Å². The van der Waals surface area contributed by atoms with Crippen LogP contribution in [0.15, 0.2) is 6.20 Å². The molecule has 0 radical (unpaired) electrons. The third-order valence-electron chi connectivity index (χ3n) is 1.82. The number of rotatable bonds is 2. The molecule has 0 aromatic carbocycles. The molecular formula is C9H6F2N2O3. The lowest BCUT2D eigenvalue weighted by molar-refractivity contribution is 0.0587. The van der Waals surface area contributed by atoms with Gasteiger partial charge in [0.15, 0.2) is 11.4 Å². The Morgan fingerprint density at radius 2 is 2.31 bits per heavy atom. The summed E-state index contributed by atoms with van der Waals surface area (Å²) in [7, 11) is 1.01. The molecule has 0 bridgehead atoms. The number of halogens is 2. The molecule has 0 amide bonds. The summed E-state index contributed by atoms with van der Waals surface area (Å²) in [6, 6.07) is 1.43. The Bertz CT molecular complexity index is 469. The van der Waals surface area contributed by atoms with Gasteiger partial charge < -0.3 is 9.84 Å². The Kier molecular flexibility index (Phi) is 3.35. The highest BCUT2D eigenvalue weighted by Crippen LogP contribution is 2.33. The summed E-state index contributed by atoms with van der Waals surface area (Å²) in [5.41, 5.74) is -2.07. The largest absolute Gasteiger partial charge is 0.504 e. The van der Waals surface area contributed by atoms with Crippen LogP contribution in [0.1, 0.15) is 28.0 Å². The fourth-order valence-electron chi connectivity index (χ4n) is 1.09. The number of esters is 1. The maximum Gasteiger partial charge on any atom is 0.340 e. The minimum atomic E-state index is -3.11. The van der Waals surface area contributed by atoms with Crippen LogP contribution in [0.4, 0.5) is 8.78 Å². The van der Waals surface area contributed by atoms with Crippen LogP contribution in [0.25, 0.3) is 0 Å². The number of aromatic nitrogens is 1. The van der Waals surface area contributed by atoms with Crippen LogP contribution < -0.4 is 0 Å². The molecule has 1 aromatic heterocycles. The normalized spacial score (nSPS) is 9.94. The molecule has 1 heterocycles. The zero-order chi connectivity index (χ0) is 12.3. The highest BCUT2D eigenvalue weighted by Gasteiger charge is 2.26. The van der Waals surface area contributed by atoms with Crippen LogP contribution in [0, 0.1) is 11.3 Å². The molecule has 1 rings (SSSR count). The van der Waals surface area contributed by atoms with E-state index in [1.54, 1.807) is 0 Å². The molecule has 0 spiro atoms. The van der Waals surface area contributed by atoms with Crippen molar-refractivity contribution in [3.05, 3.63) is 23.0 Å². The molecule has 0 unspecified atom stereocenters. The molecule has 0 atom stereocenters. The van der Waals surface area contributed by atoms with Crippen molar-refractivity contribution in [2.75, 3.05) is 7.11 Å². The Labute approximate surface area is 88.9 Å². The van der Waals surface area contributed by atoms with Crippen molar-refractivity contribution in [2.45, 2.75) is 6.43 Å². The molecule has 0 aliphatic rings. The number of alkyl halides is 2. The second kappa shape index (κ2) is 4.53. The number of methoxy groups -OCH3 is 1. The highest BCUT2D eigenvalue weighted by atomic mass is 19.3. The number of aromatic hydroxyl groups is 1. The molecule has 5 nitrogen and oxygen atoms in total. The van der Waals surface area contributed by atoms with E-state index in [0.29, 0.717) is 0 Å². The molecule has 0 aliphatic heterocycles. The van der Waals surface area contributed by atoms with Crippen LogP contribution in [-0.2, 0) is 4.74 Å². The van der Waals surface area contributed by atoms with Crippen LogP contribution in [0.2, 0.25) is 0 Å². The maximum atomic E-state index is 12.6. The average molecular weight is 228 g/mol. The summed E-state index contributed by atoms with van der Waals surface area (Å²) in [4.78, 5) is 14.5. The second-order valence-corrected chi connectivity index (χ2v) is 2.69. The van der Waals surface area contributed by atoms with E-state index in [-0.39, 0.29) is 0 Å². The molecule has 1 N–H and O–H groups in total. The van der Waals surface area contributed by atoms with Crippen molar-refractivity contribution in [1.29, 1.82) is 5.26 Å². The predicted molar refractivity (Wildman–Crippen MR) is 46.9 cm³/mol. The highest BCUT2D eigenvalue weighted by molar-refractivity contribution is 5.91. The van der Waals surface area contributed by atoms with Gasteiger partial charge in [0.05, 0.1) is 18.2 Å². The van der Waals surface area contributed by atoms with Crippen LogP contribution in [0.3, 0.4) is 0 Å². The van der Waals surface area contributed by atoms with Crippen molar-refractivity contribution in [1.82, 2.24) is 4.98 Å². The molecule has 84 valence electrons. The number of nitriles is 1. The zero-order valence-electron chi connectivity index (χ0n) is 8.07. The van der Waals surface area contributed by atoms with E-state index in [2.05, 4.69) is 9.72 Å². The summed E-state index contributed by atoms with van der Waals surface area (Å²) in [6.07, 6.45) is -2.34. The quantitative estimate of drug-likeness (QED) is 0.773. The van der Waals surface area contributed by atoms with Gasteiger partial charge in [0.25, 0.3) is 6.43 Å². The van der Waals surface area contributed by atoms with Crippen LogP contribution in [0.5, 0.6) is 5.75 Å². The van der Waals surface area contributed by atoms with Crippen molar-refractivity contribution in [2.24, 2.45) is 0 Å². The molecule has 7 heteroatoms. The lowest BCUT2D eigenvalue weighted by Gasteiger charge is -2.09. The molecule has 1 aromatic rings. The minimum Gasteiger partial charge on any atom is -0.504 e. The molecule has 0 aliphatic carbocycles. The van der Waals surface area contributed by atoms with Gasteiger partial charge in [0, 0.05) is 6.20 Å². The fourth-order valence-corrected chi connectivity index (χ4v) is 1.09. The number of carbonyl (C=O) groups excluding carboxylic acids is 1. The standard InChI is InChI=1S/C9H6F2N2O3/c1-16-9(15)4-3-13-5(2-12)7(14)6(4)8(10)11/h3,8,14H,1H3. The van der Waals surface area contributed by atoms with E-state index in [9.17, 15) is 18.7 Å². The molecule has 0 saturated heterocycles. The first-order valence-electron chi connectivity index (χ1n) is 4.01. The van der Waals surface area contributed by atoms with Gasteiger partial charge in [-0.15, -0.1) is 0 Å². The van der Waals surface area contributed by atoms with Crippen molar-refractivity contribution < 1.29 is 23.4 Å². The van der Waals surface area contributed by atoms with Gasteiger partial charge >= 0.3 is 5.97 Å². The fraction of sp³-hybridized carbons (Fsp3) is 0.222. The third-order valence-corrected chi connectivity index (χ3v) is 1.82. The van der Waals surface area contributed by atoms with Gasteiger partial charge in [-0.2, -0.15) is 5.26 Å². The number of carbonyl (C=O) groups is 1. The first-order chi connectivity index (χ1) is 7.52. The van der Waals surface area contributed by atoms with Crippen LogP contribution >= 0.6 is 0 Å². The lowest BCUT2D eigenvalue weighted by atomic mass is 10.1. The van der Waals surface area contributed by atoms with Crippen molar-refractivity contribution >= 4 is 5.97 Å². The number of hydrogen-bond donors (Lipinski definition) is 1. The van der Waals surface area contributed by atoms with Gasteiger partial charge in [0.2, 0.25) is 0 Å². The number of hydrogen-bond acceptors (Lipinski definition) is 5. The summed E-state index contributed by atoms with van der Waals surface area (Å²) < 4.78 is 29.4. The first kappa shape index (κ1) is 11.8. The zero-order valence-corrected chi connectivity index (χ0v) is 8.07. The smallest absolute Gasteiger partial charge is 0.340 e. The van der Waals surface area contributed by atoms with Crippen molar-refractivity contribution in [3.63, 3.8) is 0 Å². The molecular weight excluding hydrogens is 222 g/mol. The van der Waals surface area contributed by atoms with E-state index in [0.717, 1.165) is 13.3 Å². The van der Waals surface area contributed by atoms with Gasteiger partial charge in [-0.05, 0) is 0 Å². The monoisotopic (exact) mass is 228 g/mol. The van der Waals surface area contributed by atoms with E-state index < -0.39 is 35.0 Å². The van der Waals surface area contributed by atoms with Gasteiger partial charge in [-0.3, -0.25) is 0 Å². The van der Waals surface area contributed by atoms with E-state index in [1.807, 2.05) is 0 Å². The Hall–Kier alpha value is -2.23. The first-order valence-corrected chi connectivity index (χ1v) is 4.01. The lowest BCUT2D eigenvalue weighted by Crippen LogP contribution is -2.08. The number of ether oxygens (including phenoxy) is 1. The summed E-state index contributed by atoms with van der Waals surface area (Å²) in [5, 5.41) is 17.8. The maximum absolute atomic E-state index is 12.6. The topological polar surface area (TPSA) is 83.2 Å².